The van der Waals surface area contributed by atoms with E-state index in [0.29, 0.717) is 17.1 Å². The smallest absolute Gasteiger partial charge is 0.269 e. The molecule has 5 rings (SSSR count). The molecule has 148 valence electrons. The molecule has 0 radical (unpaired) electrons. The van der Waals surface area contributed by atoms with E-state index >= 15 is 0 Å². The molecule has 0 saturated carbocycles. The van der Waals surface area contributed by atoms with Crippen LogP contribution in [-0.4, -0.2) is 20.6 Å². The summed E-state index contributed by atoms with van der Waals surface area (Å²) in [5.74, 6) is 1.93. The number of benzene rings is 3. The first-order valence-electron chi connectivity index (χ1n) is 9.34. The molecule has 30 heavy (non-hydrogen) atoms. The normalized spacial score (nSPS) is 12.7. The number of hydrogen-bond acceptors (Lipinski definition) is 5. The van der Waals surface area contributed by atoms with Crippen molar-refractivity contribution in [2.75, 3.05) is 5.32 Å². The van der Waals surface area contributed by atoms with Gasteiger partial charge in [-0.15, -0.1) is 0 Å². The number of hydrogen-bond donors (Lipinski definition) is 1. The molecule has 0 unspecified atom stereocenters. The van der Waals surface area contributed by atoms with E-state index in [0.717, 1.165) is 33.5 Å². The molecule has 1 aliphatic rings. The zero-order valence-electron chi connectivity index (χ0n) is 15.7. The van der Waals surface area contributed by atoms with E-state index in [1.807, 2.05) is 36.4 Å². The van der Waals surface area contributed by atoms with Crippen LogP contribution in [0.5, 0.6) is 0 Å². The van der Waals surface area contributed by atoms with Gasteiger partial charge in [-0.05, 0) is 29.0 Å². The topological polar surface area (TPSA) is 90.1 Å². The minimum absolute atomic E-state index is 0.00958. The van der Waals surface area contributed by atoms with E-state index in [9.17, 15) is 14.9 Å². The van der Waals surface area contributed by atoms with Gasteiger partial charge in [0.25, 0.3) is 11.6 Å². The molecule has 1 aliphatic heterocycles. The summed E-state index contributed by atoms with van der Waals surface area (Å²) in [5, 5.41) is 20.5. The highest BCUT2D eigenvalue weighted by molar-refractivity contribution is 7.98. The lowest BCUT2D eigenvalue weighted by Gasteiger charge is -2.12. The van der Waals surface area contributed by atoms with Crippen molar-refractivity contribution < 1.29 is 9.72 Å². The predicted octanol–water partition coefficient (Wildman–Crippen LogP) is 4.93. The summed E-state index contributed by atoms with van der Waals surface area (Å²) in [6, 6.07) is 19.6. The van der Waals surface area contributed by atoms with Crippen LogP contribution in [0.25, 0.3) is 16.5 Å². The molecule has 1 N–H and O–H groups in total. The Labute approximate surface area is 175 Å². The van der Waals surface area contributed by atoms with Crippen LogP contribution < -0.4 is 5.32 Å². The maximum absolute atomic E-state index is 13.2. The Morgan fingerprint density at radius 3 is 2.60 bits per heavy atom. The van der Waals surface area contributed by atoms with Crippen molar-refractivity contribution in [3.8, 4) is 5.69 Å². The third-order valence-corrected chi connectivity index (χ3v) is 6.09. The minimum Gasteiger partial charge on any atom is -0.306 e. The molecule has 0 fully saturated rings. The number of carbonyl (C=O) groups is 1. The van der Waals surface area contributed by atoms with Crippen molar-refractivity contribution in [1.29, 1.82) is 0 Å². The minimum atomic E-state index is -0.438. The standard InChI is InChI=1S/C22H16N4O3S/c27-22(18-7-3-5-14-4-1-2-6-17(14)18)23-21-19-12-30-13-20(19)24-25(21)15-8-10-16(11-9-15)26(28)29/h1-11H,12-13H2,(H,23,27). The Morgan fingerprint density at radius 1 is 1.03 bits per heavy atom. The van der Waals surface area contributed by atoms with Gasteiger partial charge in [-0.2, -0.15) is 16.9 Å². The van der Waals surface area contributed by atoms with E-state index in [1.165, 1.54) is 12.1 Å². The number of thioether (sulfide) groups is 1. The number of aromatic nitrogens is 2. The summed E-state index contributed by atoms with van der Waals surface area (Å²) in [6.07, 6.45) is 0. The molecule has 0 saturated heterocycles. The average molecular weight is 416 g/mol. The van der Waals surface area contributed by atoms with Crippen molar-refractivity contribution in [2.24, 2.45) is 0 Å². The summed E-state index contributed by atoms with van der Waals surface area (Å²) in [6.45, 7) is 0. The zero-order chi connectivity index (χ0) is 20.7. The number of non-ortho nitro benzene ring substituents is 1. The molecule has 3 aromatic carbocycles. The van der Waals surface area contributed by atoms with E-state index in [2.05, 4.69) is 10.4 Å². The highest BCUT2D eigenvalue weighted by Gasteiger charge is 2.25. The van der Waals surface area contributed by atoms with Crippen LogP contribution in [0, 0.1) is 10.1 Å². The predicted molar refractivity (Wildman–Crippen MR) is 117 cm³/mol. The highest BCUT2D eigenvalue weighted by Crippen LogP contribution is 2.36. The number of nitro benzene ring substituents is 1. The first kappa shape index (κ1) is 18.4. The van der Waals surface area contributed by atoms with Crippen molar-refractivity contribution in [3.05, 3.63) is 93.7 Å². The molecule has 0 atom stereocenters. The summed E-state index contributed by atoms with van der Waals surface area (Å²) >= 11 is 1.74. The van der Waals surface area contributed by atoms with Crippen LogP contribution in [0.3, 0.4) is 0 Å². The van der Waals surface area contributed by atoms with Gasteiger partial charge < -0.3 is 5.32 Å². The quantitative estimate of drug-likeness (QED) is 0.376. The van der Waals surface area contributed by atoms with Gasteiger partial charge >= 0.3 is 0 Å². The highest BCUT2D eigenvalue weighted by atomic mass is 32.2. The van der Waals surface area contributed by atoms with Crippen LogP contribution in [0.2, 0.25) is 0 Å². The SMILES string of the molecule is O=C(Nc1c2c(nn1-c1ccc([N+](=O)[O-])cc1)CSC2)c1cccc2ccccc12. The second-order valence-corrected chi connectivity index (χ2v) is 7.92. The summed E-state index contributed by atoms with van der Waals surface area (Å²) in [4.78, 5) is 23.7. The third kappa shape index (κ3) is 3.11. The van der Waals surface area contributed by atoms with Gasteiger partial charge in [0.2, 0.25) is 0 Å². The van der Waals surface area contributed by atoms with Crippen LogP contribution in [0.1, 0.15) is 21.6 Å². The molecule has 2 heterocycles. The van der Waals surface area contributed by atoms with Crippen LogP contribution >= 0.6 is 11.8 Å². The Morgan fingerprint density at radius 2 is 1.80 bits per heavy atom. The van der Waals surface area contributed by atoms with E-state index in [-0.39, 0.29) is 11.6 Å². The zero-order valence-corrected chi connectivity index (χ0v) is 16.6. The monoisotopic (exact) mass is 416 g/mol. The number of carbonyl (C=O) groups excluding carboxylic acids is 1. The van der Waals surface area contributed by atoms with E-state index < -0.39 is 4.92 Å². The number of fused-ring (bicyclic) bond motifs is 2. The number of amides is 1. The Hall–Kier alpha value is -3.65. The summed E-state index contributed by atoms with van der Waals surface area (Å²) in [5.41, 5.74) is 3.17. The fourth-order valence-electron chi connectivity index (χ4n) is 3.64. The molecular formula is C22H16N4O3S. The van der Waals surface area contributed by atoms with Crippen LogP contribution in [0.15, 0.2) is 66.7 Å². The first-order valence-corrected chi connectivity index (χ1v) is 10.5. The second-order valence-electron chi connectivity index (χ2n) is 6.93. The van der Waals surface area contributed by atoms with E-state index in [1.54, 1.807) is 34.6 Å². The molecule has 7 nitrogen and oxygen atoms in total. The van der Waals surface area contributed by atoms with Gasteiger partial charge in [-0.1, -0.05) is 36.4 Å². The third-order valence-electron chi connectivity index (χ3n) is 5.12. The molecule has 0 aliphatic carbocycles. The maximum Gasteiger partial charge on any atom is 0.269 e. The van der Waals surface area contributed by atoms with Gasteiger partial charge in [0.1, 0.15) is 5.82 Å². The van der Waals surface area contributed by atoms with Crippen molar-refractivity contribution in [2.45, 2.75) is 11.5 Å². The lowest BCUT2D eigenvalue weighted by Crippen LogP contribution is -2.16. The number of nitrogens with zero attached hydrogens (tertiary/aromatic N) is 3. The number of rotatable bonds is 4. The lowest BCUT2D eigenvalue weighted by molar-refractivity contribution is -0.384. The first-order chi connectivity index (χ1) is 14.6. The summed E-state index contributed by atoms with van der Waals surface area (Å²) in [7, 11) is 0. The second kappa shape index (κ2) is 7.31. The Bertz CT molecular complexity index is 1290. The molecule has 8 heteroatoms. The molecule has 0 spiro atoms. The average Bonchev–Trinajstić information content (AvgIpc) is 3.36. The van der Waals surface area contributed by atoms with Crippen molar-refractivity contribution in [1.82, 2.24) is 9.78 Å². The number of nitro groups is 1. The van der Waals surface area contributed by atoms with Crippen LogP contribution in [0.4, 0.5) is 11.5 Å². The molecule has 4 aromatic rings. The Balaban J connectivity index is 1.56. The fourth-order valence-corrected chi connectivity index (χ4v) is 4.68. The van der Waals surface area contributed by atoms with Gasteiger partial charge in [-0.3, -0.25) is 14.9 Å². The molecular weight excluding hydrogens is 400 g/mol. The molecule has 1 amide bonds. The van der Waals surface area contributed by atoms with Crippen molar-refractivity contribution in [3.63, 3.8) is 0 Å². The van der Waals surface area contributed by atoms with Gasteiger partial charge in [0.05, 0.1) is 16.3 Å². The van der Waals surface area contributed by atoms with Crippen molar-refractivity contribution >= 4 is 39.9 Å². The van der Waals surface area contributed by atoms with Gasteiger partial charge in [0, 0.05) is 34.8 Å². The fraction of sp³-hybridized carbons (Fsp3) is 0.0909. The molecule has 0 bridgehead atoms. The summed E-state index contributed by atoms with van der Waals surface area (Å²) < 4.78 is 1.66. The largest absolute Gasteiger partial charge is 0.306 e. The maximum atomic E-state index is 13.2. The Kier molecular flexibility index (Phi) is 4.48. The lowest BCUT2D eigenvalue weighted by atomic mass is 10.0. The number of anilines is 1. The van der Waals surface area contributed by atoms with Crippen LogP contribution in [-0.2, 0) is 11.5 Å². The number of nitrogens with one attached hydrogen (secondary N) is 1. The van der Waals surface area contributed by atoms with Gasteiger partial charge in [0.15, 0.2) is 0 Å². The molecule has 1 aromatic heterocycles. The van der Waals surface area contributed by atoms with Gasteiger partial charge in [-0.25, -0.2) is 4.68 Å². The van der Waals surface area contributed by atoms with E-state index in [4.69, 9.17) is 0 Å².